The van der Waals surface area contributed by atoms with E-state index in [1.807, 2.05) is 0 Å². The van der Waals surface area contributed by atoms with Gasteiger partial charge in [-0.1, -0.05) is 12.1 Å². The standard InChI is InChI=1S/C14H14N4O2/c1-10(19)11-4-2-5-12(8-11)17-14(20)15-9-13-6-3-7-16-18-13/h2-8H,9H2,1H3,(H2,15,17,20). The highest BCUT2D eigenvalue weighted by Crippen LogP contribution is 2.10. The number of hydrogen-bond acceptors (Lipinski definition) is 4. The summed E-state index contributed by atoms with van der Waals surface area (Å²) in [7, 11) is 0. The topological polar surface area (TPSA) is 84.0 Å². The molecular weight excluding hydrogens is 256 g/mol. The molecule has 102 valence electrons. The van der Waals surface area contributed by atoms with E-state index in [1.54, 1.807) is 42.6 Å². The van der Waals surface area contributed by atoms with Gasteiger partial charge in [0.2, 0.25) is 0 Å². The Kier molecular flexibility index (Phi) is 4.39. The van der Waals surface area contributed by atoms with Crippen LogP contribution in [-0.2, 0) is 6.54 Å². The predicted molar refractivity (Wildman–Crippen MR) is 74.3 cm³/mol. The van der Waals surface area contributed by atoms with Gasteiger partial charge in [0, 0.05) is 17.4 Å². The minimum atomic E-state index is -0.364. The van der Waals surface area contributed by atoms with Crippen LogP contribution in [0.2, 0.25) is 0 Å². The molecule has 0 saturated carbocycles. The van der Waals surface area contributed by atoms with E-state index < -0.39 is 0 Å². The second-order valence-electron chi connectivity index (χ2n) is 4.16. The van der Waals surface area contributed by atoms with Crippen LogP contribution in [0.3, 0.4) is 0 Å². The van der Waals surface area contributed by atoms with Gasteiger partial charge < -0.3 is 10.6 Å². The quantitative estimate of drug-likeness (QED) is 0.832. The Balaban J connectivity index is 1.91. The van der Waals surface area contributed by atoms with Gasteiger partial charge in [0.15, 0.2) is 5.78 Å². The molecular formula is C14H14N4O2. The molecule has 0 bridgehead atoms. The van der Waals surface area contributed by atoms with Crippen molar-refractivity contribution >= 4 is 17.5 Å². The number of ketones is 1. The van der Waals surface area contributed by atoms with Crippen molar-refractivity contribution in [3.63, 3.8) is 0 Å². The van der Waals surface area contributed by atoms with Gasteiger partial charge in [-0.25, -0.2) is 4.79 Å². The van der Waals surface area contributed by atoms with Gasteiger partial charge in [0.25, 0.3) is 0 Å². The van der Waals surface area contributed by atoms with Crippen molar-refractivity contribution in [3.05, 3.63) is 53.9 Å². The van der Waals surface area contributed by atoms with Crippen molar-refractivity contribution < 1.29 is 9.59 Å². The Labute approximate surface area is 116 Å². The number of carbonyl (C=O) groups excluding carboxylic acids is 2. The second kappa shape index (κ2) is 6.42. The molecule has 1 aromatic carbocycles. The third-order valence-corrected chi connectivity index (χ3v) is 2.58. The van der Waals surface area contributed by atoms with Crippen molar-refractivity contribution in [2.45, 2.75) is 13.5 Å². The lowest BCUT2D eigenvalue weighted by molar-refractivity contribution is 0.101. The van der Waals surface area contributed by atoms with E-state index in [0.29, 0.717) is 16.9 Å². The molecule has 0 radical (unpaired) electrons. The highest BCUT2D eigenvalue weighted by Gasteiger charge is 2.04. The molecule has 20 heavy (non-hydrogen) atoms. The molecule has 0 unspecified atom stereocenters. The van der Waals surface area contributed by atoms with Crippen LogP contribution in [0.15, 0.2) is 42.6 Å². The summed E-state index contributed by atoms with van der Waals surface area (Å²) < 4.78 is 0. The smallest absolute Gasteiger partial charge is 0.319 e. The maximum Gasteiger partial charge on any atom is 0.319 e. The molecule has 2 N–H and O–H groups in total. The van der Waals surface area contributed by atoms with Gasteiger partial charge in [-0.2, -0.15) is 10.2 Å². The number of Topliss-reactive ketones (excluding diaryl/α,β-unsaturated/α-hetero) is 1. The zero-order valence-electron chi connectivity index (χ0n) is 11.0. The summed E-state index contributed by atoms with van der Waals surface area (Å²) in [6.45, 7) is 1.76. The first kappa shape index (κ1) is 13.7. The normalized spacial score (nSPS) is 9.85. The van der Waals surface area contributed by atoms with E-state index in [0.717, 1.165) is 0 Å². The van der Waals surface area contributed by atoms with Crippen LogP contribution in [0, 0.1) is 0 Å². The monoisotopic (exact) mass is 270 g/mol. The van der Waals surface area contributed by atoms with Gasteiger partial charge in [0.1, 0.15) is 0 Å². The Morgan fingerprint density at radius 1 is 1.20 bits per heavy atom. The Morgan fingerprint density at radius 2 is 2.05 bits per heavy atom. The predicted octanol–water partition coefficient (Wildman–Crippen LogP) is 2.00. The van der Waals surface area contributed by atoms with Crippen LogP contribution in [0.1, 0.15) is 23.0 Å². The summed E-state index contributed by atoms with van der Waals surface area (Å²) in [5, 5.41) is 12.9. The molecule has 2 amide bonds. The van der Waals surface area contributed by atoms with Gasteiger partial charge >= 0.3 is 6.03 Å². The van der Waals surface area contributed by atoms with Crippen LogP contribution in [0.5, 0.6) is 0 Å². The largest absolute Gasteiger partial charge is 0.332 e. The third-order valence-electron chi connectivity index (χ3n) is 2.58. The molecule has 2 rings (SSSR count). The average molecular weight is 270 g/mol. The van der Waals surface area contributed by atoms with Crippen molar-refractivity contribution in [1.82, 2.24) is 15.5 Å². The molecule has 6 heteroatoms. The number of carbonyl (C=O) groups is 2. The van der Waals surface area contributed by atoms with Crippen LogP contribution in [0.4, 0.5) is 10.5 Å². The molecule has 0 aliphatic rings. The number of urea groups is 1. The van der Waals surface area contributed by atoms with Crippen LogP contribution >= 0.6 is 0 Å². The Bertz CT molecular complexity index is 614. The molecule has 2 aromatic rings. The van der Waals surface area contributed by atoms with E-state index in [9.17, 15) is 9.59 Å². The SMILES string of the molecule is CC(=O)c1cccc(NC(=O)NCc2cccnn2)c1. The Hall–Kier alpha value is -2.76. The number of nitrogens with zero attached hydrogens (tertiary/aromatic N) is 2. The van der Waals surface area contributed by atoms with Crippen molar-refractivity contribution in [3.8, 4) is 0 Å². The van der Waals surface area contributed by atoms with Gasteiger partial charge in [-0.15, -0.1) is 0 Å². The first-order valence-electron chi connectivity index (χ1n) is 6.07. The fourth-order valence-corrected chi connectivity index (χ4v) is 1.59. The number of rotatable bonds is 4. The highest BCUT2D eigenvalue weighted by atomic mass is 16.2. The fourth-order valence-electron chi connectivity index (χ4n) is 1.59. The van der Waals surface area contributed by atoms with E-state index in [4.69, 9.17) is 0 Å². The van der Waals surface area contributed by atoms with Gasteiger partial charge in [-0.05, 0) is 31.2 Å². The Morgan fingerprint density at radius 3 is 2.75 bits per heavy atom. The first-order chi connectivity index (χ1) is 9.65. The average Bonchev–Trinajstić information content (AvgIpc) is 2.46. The lowest BCUT2D eigenvalue weighted by atomic mass is 10.1. The fraction of sp³-hybridized carbons (Fsp3) is 0.143. The highest BCUT2D eigenvalue weighted by molar-refractivity contribution is 5.96. The summed E-state index contributed by atoms with van der Waals surface area (Å²) in [4.78, 5) is 23.0. The van der Waals surface area contributed by atoms with Gasteiger partial charge in [0.05, 0.1) is 12.2 Å². The van der Waals surface area contributed by atoms with E-state index >= 15 is 0 Å². The lowest BCUT2D eigenvalue weighted by Gasteiger charge is -2.07. The number of amides is 2. The molecule has 0 fully saturated rings. The molecule has 0 aliphatic heterocycles. The zero-order valence-corrected chi connectivity index (χ0v) is 11.0. The van der Waals surface area contributed by atoms with E-state index in [1.165, 1.54) is 6.92 Å². The third kappa shape index (κ3) is 3.88. The number of anilines is 1. The van der Waals surface area contributed by atoms with E-state index in [2.05, 4.69) is 20.8 Å². The van der Waals surface area contributed by atoms with Crippen molar-refractivity contribution in [2.75, 3.05) is 5.32 Å². The summed E-state index contributed by atoms with van der Waals surface area (Å²) >= 11 is 0. The maximum absolute atomic E-state index is 11.7. The zero-order chi connectivity index (χ0) is 14.4. The first-order valence-corrected chi connectivity index (χ1v) is 6.07. The minimum absolute atomic E-state index is 0.0476. The molecule has 0 saturated heterocycles. The van der Waals surface area contributed by atoms with Crippen LogP contribution in [0.25, 0.3) is 0 Å². The number of benzene rings is 1. The molecule has 6 nitrogen and oxygen atoms in total. The molecule has 0 atom stereocenters. The van der Waals surface area contributed by atoms with Crippen molar-refractivity contribution in [1.29, 1.82) is 0 Å². The summed E-state index contributed by atoms with van der Waals surface area (Å²) in [6.07, 6.45) is 1.57. The summed E-state index contributed by atoms with van der Waals surface area (Å²) in [5.41, 5.74) is 1.78. The minimum Gasteiger partial charge on any atom is -0.332 e. The second-order valence-corrected chi connectivity index (χ2v) is 4.16. The lowest BCUT2D eigenvalue weighted by Crippen LogP contribution is -2.28. The van der Waals surface area contributed by atoms with E-state index in [-0.39, 0.29) is 18.4 Å². The van der Waals surface area contributed by atoms with Crippen LogP contribution in [-0.4, -0.2) is 22.0 Å². The summed E-state index contributed by atoms with van der Waals surface area (Å²) in [6, 6.07) is 9.91. The number of aromatic nitrogens is 2. The van der Waals surface area contributed by atoms with Crippen molar-refractivity contribution in [2.24, 2.45) is 0 Å². The number of nitrogens with one attached hydrogen (secondary N) is 2. The molecule has 1 heterocycles. The molecule has 1 aromatic heterocycles. The maximum atomic E-state index is 11.7. The summed E-state index contributed by atoms with van der Waals surface area (Å²) in [5.74, 6) is -0.0476. The van der Waals surface area contributed by atoms with Gasteiger partial charge in [-0.3, -0.25) is 4.79 Å². The number of hydrogen-bond donors (Lipinski definition) is 2. The molecule has 0 spiro atoms. The van der Waals surface area contributed by atoms with Crippen LogP contribution < -0.4 is 10.6 Å². The molecule has 0 aliphatic carbocycles.